The van der Waals surface area contributed by atoms with Crippen molar-refractivity contribution in [2.24, 2.45) is 0 Å². The molecule has 55 heavy (non-hydrogen) atoms. The smallest absolute Gasteiger partial charge is 0.227 e. The van der Waals surface area contributed by atoms with Crippen LogP contribution in [0.25, 0.3) is 117 Å². The van der Waals surface area contributed by atoms with Crippen molar-refractivity contribution in [3.63, 3.8) is 0 Å². The summed E-state index contributed by atoms with van der Waals surface area (Å²) < 4.78 is 15.0. The molecule has 0 radical (unpaired) electrons. The Kier molecular flexibility index (Phi) is 6.15. The van der Waals surface area contributed by atoms with Crippen LogP contribution in [0, 0.1) is 0 Å². The topological polar surface area (TPSA) is 109 Å². The molecule has 0 atom stereocenters. The van der Waals surface area contributed by atoms with Gasteiger partial charge in [0.15, 0.2) is 11.2 Å². The molecular formula is C46H25N7O2. The van der Waals surface area contributed by atoms with E-state index in [1.54, 1.807) is 24.8 Å². The lowest BCUT2D eigenvalue weighted by Crippen LogP contribution is -1.94. The minimum atomic E-state index is 0.525. The van der Waals surface area contributed by atoms with Crippen molar-refractivity contribution < 1.29 is 8.83 Å². The third-order valence-electron chi connectivity index (χ3n) is 10.4. The highest BCUT2D eigenvalue weighted by Crippen LogP contribution is 2.39. The minimum absolute atomic E-state index is 0.525. The molecule has 0 saturated heterocycles. The first-order valence-electron chi connectivity index (χ1n) is 17.9. The van der Waals surface area contributed by atoms with E-state index in [0.29, 0.717) is 22.9 Å². The number of rotatable bonds is 4. The summed E-state index contributed by atoms with van der Waals surface area (Å²) in [6.07, 6.45) is 6.72. The third kappa shape index (κ3) is 4.73. The van der Waals surface area contributed by atoms with E-state index in [2.05, 4.69) is 128 Å². The molecular weight excluding hydrogens is 683 g/mol. The molecule has 0 spiro atoms. The fraction of sp³-hybridized carbons (Fsp3) is 0. The van der Waals surface area contributed by atoms with E-state index in [9.17, 15) is 0 Å². The van der Waals surface area contributed by atoms with Crippen molar-refractivity contribution in [3.8, 4) is 39.7 Å². The van der Waals surface area contributed by atoms with E-state index in [1.807, 2.05) is 24.3 Å². The Hall–Kier alpha value is -7.78. The van der Waals surface area contributed by atoms with Crippen molar-refractivity contribution in [1.29, 1.82) is 0 Å². The van der Waals surface area contributed by atoms with Gasteiger partial charge in [0, 0.05) is 64.5 Å². The molecule has 0 aliphatic carbocycles. The molecule has 9 nitrogen and oxygen atoms in total. The number of benzene rings is 7. The van der Waals surface area contributed by atoms with Crippen LogP contribution in [0.3, 0.4) is 0 Å². The van der Waals surface area contributed by atoms with Gasteiger partial charge in [-0.25, -0.2) is 9.97 Å². The first-order valence-corrected chi connectivity index (χ1v) is 17.9. The van der Waals surface area contributed by atoms with Crippen molar-refractivity contribution in [2.45, 2.75) is 0 Å². The number of hydrogen-bond acceptors (Lipinski definition) is 8. The Balaban J connectivity index is 1.03. The molecule has 7 aromatic carbocycles. The van der Waals surface area contributed by atoms with E-state index < -0.39 is 0 Å². The Bertz CT molecular complexity index is 3230. The molecule has 0 aliphatic rings. The maximum atomic E-state index is 6.34. The van der Waals surface area contributed by atoms with Gasteiger partial charge in [-0.05, 0) is 88.6 Å². The molecule has 0 amide bonds. The van der Waals surface area contributed by atoms with Gasteiger partial charge in [-0.1, -0.05) is 48.5 Å². The van der Waals surface area contributed by atoms with E-state index in [4.69, 9.17) is 18.8 Å². The Morgan fingerprint density at radius 2 is 0.873 bits per heavy atom. The summed E-state index contributed by atoms with van der Waals surface area (Å²) >= 11 is 0. The SMILES string of the molecule is c1ccc2cc(-c3ccc(-n4c5ccc(-c6nc7cc8nccnc8cc7o6)cc5c5cc(-c6nc7cc8nccnc8cc7o6)ccc54)cc3)ccc2c1. The van der Waals surface area contributed by atoms with Gasteiger partial charge < -0.3 is 13.4 Å². The van der Waals surface area contributed by atoms with Crippen LogP contribution in [-0.4, -0.2) is 34.5 Å². The summed E-state index contributed by atoms with van der Waals surface area (Å²) in [5, 5.41) is 4.53. The van der Waals surface area contributed by atoms with Crippen molar-refractivity contribution in [1.82, 2.24) is 34.5 Å². The average Bonchev–Trinajstić information content (AvgIpc) is 3.94. The summed E-state index contributed by atoms with van der Waals surface area (Å²) in [7, 11) is 0. The van der Waals surface area contributed by atoms with Gasteiger partial charge in [0.25, 0.3) is 0 Å². The molecule has 12 rings (SSSR count). The molecule has 256 valence electrons. The van der Waals surface area contributed by atoms with Crippen molar-refractivity contribution in [2.75, 3.05) is 0 Å². The van der Waals surface area contributed by atoms with Crippen molar-refractivity contribution >= 4 is 76.8 Å². The molecule has 0 fully saturated rings. The molecule has 0 unspecified atom stereocenters. The number of fused-ring (bicyclic) bond motifs is 8. The zero-order valence-corrected chi connectivity index (χ0v) is 28.9. The van der Waals surface area contributed by atoms with Gasteiger partial charge in [0.1, 0.15) is 11.0 Å². The Morgan fingerprint density at radius 1 is 0.382 bits per heavy atom. The summed E-state index contributed by atoms with van der Waals surface area (Å²) in [4.78, 5) is 27.5. The Labute approximate surface area is 311 Å². The average molecular weight is 708 g/mol. The summed E-state index contributed by atoms with van der Waals surface area (Å²) in [5.41, 5.74) is 13.0. The van der Waals surface area contributed by atoms with Crippen LogP contribution in [0.15, 0.2) is 161 Å². The largest absolute Gasteiger partial charge is 0.436 e. The quantitative estimate of drug-likeness (QED) is 0.178. The summed E-state index contributed by atoms with van der Waals surface area (Å²) in [6, 6.07) is 44.1. The van der Waals surface area contributed by atoms with Crippen LogP contribution in [0.2, 0.25) is 0 Å². The highest BCUT2D eigenvalue weighted by Gasteiger charge is 2.19. The monoisotopic (exact) mass is 707 g/mol. The number of hydrogen-bond donors (Lipinski definition) is 0. The number of nitrogens with zero attached hydrogens (tertiary/aromatic N) is 7. The first-order chi connectivity index (χ1) is 27.2. The van der Waals surface area contributed by atoms with Gasteiger partial charge in [0.05, 0.1) is 33.1 Å². The standard InChI is InChI=1S/C46H25N7O2/c1-2-4-28-19-29(6-5-26(28)3-1)27-7-11-32(12-8-27)53-41-13-9-30(45-51-39-22-35-37(24-43(39)54-45)49-17-15-47-35)20-33(41)34-21-31(10-14-42(34)53)46-52-40-23-36-38(25-44(40)55-46)50-18-16-48-36/h1-25H. The molecule has 0 aliphatic heterocycles. The lowest BCUT2D eigenvalue weighted by Gasteiger charge is -2.10. The van der Waals surface area contributed by atoms with E-state index in [0.717, 1.165) is 77.3 Å². The molecule has 9 heteroatoms. The van der Waals surface area contributed by atoms with Gasteiger partial charge >= 0.3 is 0 Å². The first kappa shape index (κ1) is 29.8. The zero-order chi connectivity index (χ0) is 36.0. The van der Waals surface area contributed by atoms with Crippen LogP contribution in [0.1, 0.15) is 0 Å². The van der Waals surface area contributed by atoms with Crippen LogP contribution < -0.4 is 0 Å². The van der Waals surface area contributed by atoms with Gasteiger partial charge in [-0.3, -0.25) is 19.9 Å². The highest BCUT2D eigenvalue weighted by molar-refractivity contribution is 6.11. The van der Waals surface area contributed by atoms with E-state index >= 15 is 0 Å². The molecule has 0 bridgehead atoms. The second-order valence-electron chi connectivity index (χ2n) is 13.7. The normalized spacial score (nSPS) is 12.0. The lowest BCUT2D eigenvalue weighted by molar-refractivity contribution is 0.620. The van der Waals surface area contributed by atoms with Crippen LogP contribution in [0.4, 0.5) is 0 Å². The van der Waals surface area contributed by atoms with Crippen LogP contribution in [-0.2, 0) is 0 Å². The second kappa shape index (κ2) is 11.4. The van der Waals surface area contributed by atoms with Gasteiger partial charge in [-0.15, -0.1) is 0 Å². The van der Waals surface area contributed by atoms with Crippen LogP contribution >= 0.6 is 0 Å². The van der Waals surface area contributed by atoms with E-state index in [-0.39, 0.29) is 0 Å². The van der Waals surface area contributed by atoms with Crippen LogP contribution in [0.5, 0.6) is 0 Å². The molecule has 5 heterocycles. The van der Waals surface area contributed by atoms with Crippen molar-refractivity contribution in [3.05, 3.63) is 152 Å². The van der Waals surface area contributed by atoms with Gasteiger partial charge in [-0.2, -0.15) is 0 Å². The highest BCUT2D eigenvalue weighted by atomic mass is 16.4. The number of aromatic nitrogens is 7. The summed E-state index contributed by atoms with van der Waals surface area (Å²) in [5.74, 6) is 1.05. The predicted octanol–water partition coefficient (Wildman–Crippen LogP) is 11.1. The molecule has 0 N–H and O–H groups in total. The predicted molar refractivity (Wildman–Crippen MR) is 216 cm³/mol. The molecule has 0 saturated carbocycles. The molecule has 12 aromatic rings. The molecule has 5 aromatic heterocycles. The fourth-order valence-corrected chi connectivity index (χ4v) is 7.76. The van der Waals surface area contributed by atoms with Gasteiger partial charge in [0.2, 0.25) is 11.8 Å². The minimum Gasteiger partial charge on any atom is -0.436 e. The third-order valence-corrected chi connectivity index (χ3v) is 10.4. The Morgan fingerprint density at radius 3 is 1.44 bits per heavy atom. The number of oxazole rings is 2. The summed E-state index contributed by atoms with van der Waals surface area (Å²) in [6.45, 7) is 0. The van der Waals surface area contributed by atoms with E-state index in [1.165, 1.54) is 16.3 Å². The maximum Gasteiger partial charge on any atom is 0.227 e. The lowest BCUT2D eigenvalue weighted by atomic mass is 10.0. The maximum absolute atomic E-state index is 6.34. The second-order valence-corrected chi connectivity index (χ2v) is 13.7. The fourth-order valence-electron chi connectivity index (χ4n) is 7.76. The zero-order valence-electron chi connectivity index (χ0n) is 28.9.